The zero-order valence-electron chi connectivity index (χ0n) is 17.4. The van der Waals surface area contributed by atoms with Gasteiger partial charge in [0.05, 0.1) is 16.9 Å². The van der Waals surface area contributed by atoms with E-state index in [0.29, 0.717) is 17.8 Å². The van der Waals surface area contributed by atoms with Crippen LogP contribution in [0.4, 0.5) is 5.69 Å². The molecule has 0 aliphatic heterocycles. The molecule has 0 atom stereocenters. The van der Waals surface area contributed by atoms with E-state index in [1.165, 1.54) is 11.4 Å². The van der Waals surface area contributed by atoms with E-state index in [0.717, 1.165) is 11.3 Å². The molecular formula is C24H22N4O3S. The van der Waals surface area contributed by atoms with Gasteiger partial charge in [-0.1, -0.05) is 36.4 Å². The lowest BCUT2D eigenvalue weighted by molar-refractivity contribution is 0.0951. The molecule has 3 aromatic carbocycles. The molecule has 162 valence electrons. The van der Waals surface area contributed by atoms with Crippen LogP contribution < -0.4 is 9.62 Å². The molecule has 4 aromatic rings. The third-order valence-electron chi connectivity index (χ3n) is 5.07. The smallest absolute Gasteiger partial charge is 0.264 e. The van der Waals surface area contributed by atoms with E-state index in [-0.39, 0.29) is 10.8 Å². The highest BCUT2D eigenvalue weighted by Gasteiger charge is 2.21. The van der Waals surface area contributed by atoms with Gasteiger partial charge in [0.1, 0.15) is 0 Å². The summed E-state index contributed by atoms with van der Waals surface area (Å²) < 4.78 is 28.8. The first-order chi connectivity index (χ1) is 15.4. The molecule has 1 heterocycles. The van der Waals surface area contributed by atoms with Crippen molar-refractivity contribution >= 4 is 21.6 Å². The van der Waals surface area contributed by atoms with Crippen molar-refractivity contribution in [2.45, 2.75) is 11.4 Å². The maximum absolute atomic E-state index is 12.9. The second-order valence-corrected chi connectivity index (χ2v) is 9.12. The Hall–Kier alpha value is -3.91. The third kappa shape index (κ3) is 4.55. The number of hydrogen-bond acceptors (Lipinski definition) is 4. The largest absolute Gasteiger partial charge is 0.348 e. The number of aromatic nitrogens is 2. The Morgan fingerprint density at radius 1 is 1.00 bits per heavy atom. The number of imidazole rings is 1. The summed E-state index contributed by atoms with van der Waals surface area (Å²) in [5, 5.41) is 2.88. The van der Waals surface area contributed by atoms with Gasteiger partial charge in [-0.25, -0.2) is 13.4 Å². The van der Waals surface area contributed by atoms with Crippen LogP contribution in [0.25, 0.3) is 5.69 Å². The molecule has 1 aromatic heterocycles. The van der Waals surface area contributed by atoms with E-state index in [1.54, 1.807) is 67.1 Å². The summed E-state index contributed by atoms with van der Waals surface area (Å²) in [6.07, 6.45) is 5.29. The predicted molar refractivity (Wildman–Crippen MR) is 123 cm³/mol. The Kier molecular flexibility index (Phi) is 6.04. The lowest BCUT2D eigenvalue weighted by atomic mass is 10.1. The van der Waals surface area contributed by atoms with Crippen molar-refractivity contribution in [2.75, 3.05) is 11.4 Å². The number of sulfonamides is 1. The van der Waals surface area contributed by atoms with Crippen LogP contribution in [0.2, 0.25) is 0 Å². The summed E-state index contributed by atoms with van der Waals surface area (Å²) in [6.45, 7) is 0.353. The van der Waals surface area contributed by atoms with Gasteiger partial charge in [-0.3, -0.25) is 9.10 Å². The number of rotatable bonds is 7. The molecular weight excluding hydrogens is 424 g/mol. The third-order valence-corrected chi connectivity index (χ3v) is 6.87. The minimum atomic E-state index is -3.72. The molecule has 32 heavy (non-hydrogen) atoms. The molecule has 0 saturated carbocycles. The highest BCUT2D eigenvalue weighted by Crippen LogP contribution is 2.23. The fourth-order valence-electron chi connectivity index (χ4n) is 3.21. The normalized spacial score (nSPS) is 11.2. The van der Waals surface area contributed by atoms with Crippen LogP contribution in [-0.2, 0) is 16.6 Å². The van der Waals surface area contributed by atoms with Gasteiger partial charge in [0.25, 0.3) is 15.9 Å². The molecule has 0 bridgehead atoms. The van der Waals surface area contributed by atoms with Crippen LogP contribution in [0.1, 0.15) is 15.9 Å². The minimum absolute atomic E-state index is 0.191. The fraction of sp³-hybridized carbons (Fsp3) is 0.0833. The topological polar surface area (TPSA) is 84.3 Å². The number of hydrogen-bond donors (Lipinski definition) is 1. The summed E-state index contributed by atoms with van der Waals surface area (Å²) in [4.78, 5) is 16.9. The van der Waals surface area contributed by atoms with Gasteiger partial charge >= 0.3 is 0 Å². The molecule has 1 amide bonds. The fourth-order valence-corrected chi connectivity index (χ4v) is 4.42. The summed E-state index contributed by atoms with van der Waals surface area (Å²) in [5.74, 6) is -0.281. The van der Waals surface area contributed by atoms with Gasteiger partial charge in [0.2, 0.25) is 0 Å². The van der Waals surface area contributed by atoms with Crippen LogP contribution in [-0.4, -0.2) is 30.9 Å². The quantitative estimate of drug-likeness (QED) is 0.470. The Morgan fingerprint density at radius 3 is 2.44 bits per heavy atom. The van der Waals surface area contributed by atoms with Gasteiger partial charge in [-0.2, -0.15) is 0 Å². The lowest BCUT2D eigenvalue weighted by Gasteiger charge is -2.20. The maximum atomic E-state index is 12.9. The van der Waals surface area contributed by atoms with E-state index in [9.17, 15) is 13.2 Å². The molecule has 1 N–H and O–H groups in total. The van der Waals surface area contributed by atoms with Crippen molar-refractivity contribution in [3.05, 3.63) is 109 Å². The van der Waals surface area contributed by atoms with Crippen molar-refractivity contribution in [1.82, 2.24) is 14.9 Å². The van der Waals surface area contributed by atoms with E-state index in [1.807, 2.05) is 35.0 Å². The van der Waals surface area contributed by atoms with Crippen LogP contribution in [0.15, 0.2) is 102 Å². The summed E-state index contributed by atoms with van der Waals surface area (Å²) >= 11 is 0. The average Bonchev–Trinajstić information content (AvgIpc) is 3.38. The van der Waals surface area contributed by atoms with Gasteiger partial charge in [0, 0.05) is 37.2 Å². The Balaban J connectivity index is 1.44. The molecule has 7 nitrogen and oxygen atoms in total. The van der Waals surface area contributed by atoms with E-state index < -0.39 is 10.0 Å². The molecule has 0 aliphatic carbocycles. The average molecular weight is 447 g/mol. The van der Waals surface area contributed by atoms with Crippen LogP contribution in [0.5, 0.6) is 0 Å². The van der Waals surface area contributed by atoms with Crippen molar-refractivity contribution in [3.63, 3.8) is 0 Å². The number of benzene rings is 3. The van der Waals surface area contributed by atoms with Gasteiger partial charge < -0.3 is 9.88 Å². The first-order valence-corrected chi connectivity index (χ1v) is 11.4. The molecule has 4 rings (SSSR count). The lowest BCUT2D eigenvalue weighted by Crippen LogP contribution is -2.27. The van der Waals surface area contributed by atoms with E-state index in [4.69, 9.17) is 0 Å². The Bertz CT molecular complexity index is 1300. The van der Waals surface area contributed by atoms with E-state index in [2.05, 4.69) is 10.3 Å². The first-order valence-electron chi connectivity index (χ1n) is 9.95. The van der Waals surface area contributed by atoms with Gasteiger partial charge in [-0.15, -0.1) is 0 Å². The zero-order valence-corrected chi connectivity index (χ0v) is 18.2. The number of carbonyl (C=O) groups is 1. The minimum Gasteiger partial charge on any atom is -0.348 e. The molecule has 0 fully saturated rings. The standard InChI is InChI=1S/C24H22N4O3S/c1-27(32(30,31)23-8-3-2-4-9-23)22-7-5-6-20(16-22)24(29)26-17-19-10-12-21(13-11-19)28-15-14-25-18-28/h2-16,18H,17H2,1H3,(H,26,29). The molecule has 0 aliphatic rings. The van der Waals surface area contributed by atoms with Crippen molar-refractivity contribution in [3.8, 4) is 5.69 Å². The van der Waals surface area contributed by atoms with E-state index >= 15 is 0 Å². The van der Waals surface area contributed by atoms with Gasteiger partial charge in [-0.05, 0) is 48.0 Å². The van der Waals surface area contributed by atoms with Crippen LogP contribution in [0.3, 0.4) is 0 Å². The number of amides is 1. The molecule has 0 spiro atoms. The maximum Gasteiger partial charge on any atom is 0.264 e. The van der Waals surface area contributed by atoms with Crippen LogP contribution in [0, 0.1) is 0 Å². The Labute approximate surface area is 187 Å². The molecule has 8 heteroatoms. The summed E-state index contributed by atoms with van der Waals surface area (Å²) in [7, 11) is -2.24. The summed E-state index contributed by atoms with van der Waals surface area (Å²) in [6, 6.07) is 22.5. The van der Waals surface area contributed by atoms with Gasteiger partial charge in [0.15, 0.2) is 0 Å². The van der Waals surface area contributed by atoms with Crippen molar-refractivity contribution < 1.29 is 13.2 Å². The second kappa shape index (κ2) is 9.07. The monoisotopic (exact) mass is 446 g/mol. The first kappa shape index (κ1) is 21.3. The number of nitrogens with zero attached hydrogens (tertiary/aromatic N) is 3. The molecule has 0 unspecified atom stereocenters. The molecule has 0 radical (unpaired) electrons. The Morgan fingerprint density at radius 2 is 1.75 bits per heavy atom. The number of carbonyl (C=O) groups excluding carboxylic acids is 1. The summed E-state index contributed by atoms with van der Waals surface area (Å²) in [5.41, 5.74) is 2.72. The zero-order chi connectivity index (χ0) is 22.6. The van der Waals surface area contributed by atoms with Crippen LogP contribution >= 0.6 is 0 Å². The number of anilines is 1. The highest BCUT2D eigenvalue weighted by atomic mass is 32.2. The second-order valence-electron chi connectivity index (χ2n) is 7.15. The number of nitrogens with one attached hydrogen (secondary N) is 1. The van der Waals surface area contributed by atoms with Crippen molar-refractivity contribution in [2.24, 2.45) is 0 Å². The predicted octanol–water partition coefficient (Wildman–Crippen LogP) is 3.63. The highest BCUT2D eigenvalue weighted by molar-refractivity contribution is 7.92. The SMILES string of the molecule is CN(c1cccc(C(=O)NCc2ccc(-n3ccnc3)cc2)c1)S(=O)(=O)c1ccccc1. The molecule has 0 saturated heterocycles. The van der Waals surface area contributed by atoms with Crippen molar-refractivity contribution in [1.29, 1.82) is 0 Å².